The Morgan fingerprint density at radius 3 is 2.75 bits per heavy atom. The van der Waals surface area contributed by atoms with Gasteiger partial charge in [0.15, 0.2) is 5.65 Å². The Morgan fingerprint density at radius 2 is 2.00 bits per heavy atom. The number of anilines is 1. The van der Waals surface area contributed by atoms with Crippen molar-refractivity contribution in [3.63, 3.8) is 0 Å². The van der Waals surface area contributed by atoms with Gasteiger partial charge in [0.25, 0.3) is 0 Å². The van der Waals surface area contributed by atoms with Gasteiger partial charge in [0.2, 0.25) is 0 Å². The highest BCUT2D eigenvalue weighted by atomic mass is 16.5. The zero-order valence-corrected chi connectivity index (χ0v) is 19.6. The summed E-state index contributed by atoms with van der Waals surface area (Å²) in [7, 11) is 1.77. The minimum Gasteiger partial charge on any atom is -0.385 e. The Balaban J connectivity index is 1.52. The summed E-state index contributed by atoms with van der Waals surface area (Å²) in [6, 6.07) is 4.33. The number of hydrogen-bond acceptors (Lipinski definition) is 5. The van der Waals surface area contributed by atoms with Crippen LogP contribution in [0.25, 0.3) is 27.9 Å². The van der Waals surface area contributed by atoms with E-state index in [4.69, 9.17) is 9.72 Å². The summed E-state index contributed by atoms with van der Waals surface area (Å²) < 4.78 is 7.06. The molecule has 1 aliphatic heterocycles. The average molecular weight is 433 g/mol. The van der Waals surface area contributed by atoms with Crippen LogP contribution in [0.1, 0.15) is 49.3 Å². The van der Waals surface area contributed by atoms with Crippen molar-refractivity contribution in [2.75, 3.05) is 31.7 Å². The molecule has 0 amide bonds. The number of aromatic amines is 1. The third-order valence-corrected chi connectivity index (χ3v) is 6.88. The van der Waals surface area contributed by atoms with E-state index in [1.165, 1.54) is 17.5 Å². The largest absolute Gasteiger partial charge is 0.385 e. The van der Waals surface area contributed by atoms with Crippen LogP contribution in [-0.4, -0.2) is 51.4 Å². The lowest BCUT2D eigenvalue weighted by Gasteiger charge is -2.40. The lowest BCUT2D eigenvalue weighted by atomic mass is 9.94. The molecule has 7 nitrogen and oxygen atoms in total. The summed E-state index contributed by atoms with van der Waals surface area (Å²) in [4.78, 5) is 15.6. The first-order valence-electron chi connectivity index (χ1n) is 11.5. The maximum Gasteiger partial charge on any atom is 0.158 e. The quantitative estimate of drug-likeness (QED) is 0.422. The van der Waals surface area contributed by atoms with Crippen molar-refractivity contribution in [2.45, 2.75) is 46.5 Å². The van der Waals surface area contributed by atoms with E-state index in [0.717, 1.165) is 71.4 Å². The zero-order valence-electron chi connectivity index (χ0n) is 19.6. The fraction of sp³-hybridized carbons (Fsp3) is 0.480. The van der Waals surface area contributed by atoms with E-state index in [0.29, 0.717) is 5.92 Å². The molecule has 5 heterocycles. The van der Waals surface area contributed by atoms with Gasteiger partial charge in [-0.15, -0.1) is 0 Å². The van der Waals surface area contributed by atoms with Crippen LogP contribution >= 0.6 is 0 Å². The van der Waals surface area contributed by atoms with E-state index in [1.807, 2.05) is 4.52 Å². The third kappa shape index (κ3) is 3.45. The maximum atomic E-state index is 5.19. The zero-order chi connectivity index (χ0) is 22.4. The van der Waals surface area contributed by atoms with Crippen LogP contribution in [0.3, 0.4) is 0 Å². The summed E-state index contributed by atoms with van der Waals surface area (Å²) in [5, 5.41) is 4.39. The molecule has 0 radical (unpaired) electrons. The first kappa shape index (κ1) is 20.9. The number of aryl methyl sites for hydroxylation is 1. The number of rotatable bonds is 7. The second-order valence-electron chi connectivity index (χ2n) is 9.36. The Labute approximate surface area is 188 Å². The molecule has 0 spiro atoms. The molecule has 1 N–H and O–H groups in total. The molecular formula is C25H32N6O. The van der Waals surface area contributed by atoms with Crippen LogP contribution < -0.4 is 4.90 Å². The number of methoxy groups -OCH3 is 1. The van der Waals surface area contributed by atoms with E-state index in [9.17, 15) is 0 Å². The Bertz CT molecular complexity index is 1260. The van der Waals surface area contributed by atoms with Crippen LogP contribution in [0.15, 0.2) is 24.7 Å². The van der Waals surface area contributed by atoms with Crippen molar-refractivity contribution in [3.8, 4) is 11.3 Å². The highest BCUT2D eigenvalue weighted by Crippen LogP contribution is 2.38. The van der Waals surface area contributed by atoms with Gasteiger partial charge in [0.05, 0.1) is 16.7 Å². The molecule has 4 aromatic heterocycles. The molecule has 1 saturated heterocycles. The van der Waals surface area contributed by atoms with E-state index < -0.39 is 0 Å². The van der Waals surface area contributed by atoms with Crippen LogP contribution in [-0.2, 0) is 4.74 Å². The van der Waals surface area contributed by atoms with E-state index in [1.54, 1.807) is 13.4 Å². The molecule has 0 aliphatic carbocycles. The van der Waals surface area contributed by atoms with Gasteiger partial charge in [-0.25, -0.2) is 14.5 Å². The van der Waals surface area contributed by atoms with Gasteiger partial charge in [-0.05, 0) is 61.8 Å². The van der Waals surface area contributed by atoms with Crippen molar-refractivity contribution in [1.29, 1.82) is 0 Å². The summed E-state index contributed by atoms with van der Waals surface area (Å²) >= 11 is 0. The van der Waals surface area contributed by atoms with Gasteiger partial charge in [-0.3, -0.25) is 0 Å². The molecule has 1 fully saturated rings. The molecule has 1 aliphatic rings. The van der Waals surface area contributed by atoms with Crippen LogP contribution in [0.2, 0.25) is 0 Å². The highest BCUT2D eigenvalue weighted by molar-refractivity contribution is 5.90. The Kier molecular flexibility index (Phi) is 5.37. The number of H-pyrrole nitrogens is 1. The second kappa shape index (κ2) is 8.20. The number of hydrogen-bond donors (Lipinski definition) is 1. The molecule has 0 bridgehead atoms. The van der Waals surface area contributed by atoms with Gasteiger partial charge >= 0.3 is 0 Å². The normalized spacial score (nSPS) is 14.8. The fourth-order valence-electron chi connectivity index (χ4n) is 4.94. The first-order valence-corrected chi connectivity index (χ1v) is 11.5. The smallest absolute Gasteiger partial charge is 0.158 e. The topological polar surface area (TPSA) is 71.3 Å². The number of pyridine rings is 2. The van der Waals surface area contributed by atoms with E-state index in [-0.39, 0.29) is 0 Å². The minimum absolute atomic E-state index is 0.339. The van der Waals surface area contributed by atoms with Gasteiger partial charge in [0.1, 0.15) is 12.1 Å². The van der Waals surface area contributed by atoms with Crippen molar-refractivity contribution in [3.05, 3.63) is 41.3 Å². The molecular weight excluding hydrogens is 400 g/mol. The summed E-state index contributed by atoms with van der Waals surface area (Å²) in [5.74, 6) is 2.16. The Morgan fingerprint density at radius 1 is 1.19 bits per heavy atom. The second-order valence-corrected chi connectivity index (χ2v) is 9.36. The molecule has 168 valence electrons. The minimum atomic E-state index is 0.339. The predicted octanol–water partition coefficient (Wildman–Crippen LogP) is 4.88. The van der Waals surface area contributed by atoms with Crippen molar-refractivity contribution in [2.24, 2.45) is 5.92 Å². The van der Waals surface area contributed by atoms with Crippen molar-refractivity contribution < 1.29 is 4.74 Å². The lowest BCUT2D eigenvalue weighted by Crippen LogP contribution is -2.47. The molecule has 0 unspecified atom stereocenters. The number of ether oxygens (including phenoxy) is 1. The summed E-state index contributed by atoms with van der Waals surface area (Å²) in [6.45, 7) is 11.8. The SMILES string of the molecule is COCCCC1CN(c2ccc3[nH]c(-c4cn5ncnc5c(C)c4C)c(C(C)C)c3n2)C1. The van der Waals surface area contributed by atoms with Crippen LogP contribution in [0.4, 0.5) is 5.82 Å². The van der Waals surface area contributed by atoms with Gasteiger partial charge in [0, 0.05) is 44.1 Å². The van der Waals surface area contributed by atoms with E-state index in [2.05, 4.69) is 66.0 Å². The summed E-state index contributed by atoms with van der Waals surface area (Å²) in [6.07, 6.45) is 6.06. The molecule has 5 rings (SSSR count). The third-order valence-electron chi connectivity index (χ3n) is 6.88. The number of nitrogens with zero attached hydrogens (tertiary/aromatic N) is 5. The first-order chi connectivity index (χ1) is 15.5. The Hall–Kier alpha value is -2.93. The highest BCUT2D eigenvalue weighted by Gasteiger charge is 2.28. The summed E-state index contributed by atoms with van der Waals surface area (Å²) in [5.41, 5.74) is 9.01. The van der Waals surface area contributed by atoms with Gasteiger partial charge in [-0.2, -0.15) is 5.10 Å². The molecule has 0 saturated carbocycles. The molecule has 0 atom stereocenters. The molecule has 0 aromatic carbocycles. The van der Waals surface area contributed by atoms with Crippen molar-refractivity contribution in [1.82, 2.24) is 24.6 Å². The van der Waals surface area contributed by atoms with Crippen LogP contribution in [0.5, 0.6) is 0 Å². The van der Waals surface area contributed by atoms with Gasteiger partial charge in [-0.1, -0.05) is 13.8 Å². The average Bonchev–Trinajstić information content (AvgIpc) is 3.36. The predicted molar refractivity (Wildman–Crippen MR) is 128 cm³/mol. The standard InChI is InChI=1S/C25H32N6O/c1-15(2)22-23(19-13-31-25(26-14-27-31)17(4)16(19)3)28-20-8-9-21(29-24(20)22)30-11-18(12-30)7-6-10-32-5/h8-9,13-15,18,28H,6-7,10-12H2,1-5H3. The maximum absolute atomic E-state index is 5.19. The number of fused-ring (bicyclic) bond motifs is 2. The molecule has 4 aromatic rings. The van der Waals surface area contributed by atoms with E-state index >= 15 is 0 Å². The number of aromatic nitrogens is 5. The lowest BCUT2D eigenvalue weighted by molar-refractivity contribution is 0.183. The monoisotopic (exact) mass is 432 g/mol. The fourth-order valence-corrected chi connectivity index (χ4v) is 4.94. The van der Waals surface area contributed by atoms with Gasteiger partial charge < -0.3 is 14.6 Å². The molecule has 32 heavy (non-hydrogen) atoms. The van der Waals surface area contributed by atoms with Crippen LogP contribution in [0, 0.1) is 19.8 Å². The molecule has 7 heteroatoms. The number of nitrogens with one attached hydrogen (secondary N) is 1. The van der Waals surface area contributed by atoms with Crippen molar-refractivity contribution >= 4 is 22.5 Å².